The zero-order chi connectivity index (χ0) is 19.9. The van der Waals surface area contributed by atoms with Gasteiger partial charge in [-0.15, -0.1) is 0 Å². The minimum Gasteiger partial charge on any atom is -0.497 e. The van der Waals surface area contributed by atoms with Crippen molar-refractivity contribution in [1.82, 2.24) is 0 Å². The van der Waals surface area contributed by atoms with Crippen molar-refractivity contribution in [2.75, 3.05) is 14.2 Å². The Morgan fingerprint density at radius 1 is 0.690 bits per heavy atom. The van der Waals surface area contributed by atoms with Gasteiger partial charge in [-0.1, -0.05) is 60.7 Å². The van der Waals surface area contributed by atoms with Crippen molar-refractivity contribution in [1.29, 1.82) is 0 Å². The quantitative estimate of drug-likeness (QED) is 0.527. The average molecular weight is 385 g/mol. The first-order valence-corrected chi connectivity index (χ1v) is 10.6. The fourth-order valence-corrected chi connectivity index (χ4v) is 6.57. The van der Waals surface area contributed by atoms with E-state index in [-0.39, 0.29) is 10.8 Å². The lowest BCUT2D eigenvalue weighted by molar-refractivity contribution is 0.309. The Balaban J connectivity index is 1.83. The van der Waals surface area contributed by atoms with Gasteiger partial charge in [0.1, 0.15) is 11.5 Å². The lowest BCUT2D eigenvalue weighted by Gasteiger charge is -2.46. The second kappa shape index (κ2) is 6.95. The van der Waals surface area contributed by atoms with Crippen LogP contribution >= 0.6 is 0 Å². The summed E-state index contributed by atoms with van der Waals surface area (Å²) >= 11 is 0. The van der Waals surface area contributed by atoms with Crippen molar-refractivity contribution in [2.24, 2.45) is 5.92 Å². The Hall–Kier alpha value is -2.74. The lowest BCUT2D eigenvalue weighted by atomic mass is 9.56. The summed E-state index contributed by atoms with van der Waals surface area (Å²) in [5.41, 5.74) is 4.17. The number of hydrogen-bond donors (Lipinski definition) is 0. The second-order valence-corrected chi connectivity index (χ2v) is 8.46. The number of methoxy groups -OCH3 is 2. The van der Waals surface area contributed by atoms with E-state index in [0.717, 1.165) is 11.5 Å². The number of rotatable bonds is 5. The molecule has 3 aromatic carbocycles. The number of ether oxygens (including phenoxy) is 2. The fraction of sp³-hybridized carbons (Fsp3) is 0.333. The molecule has 0 spiro atoms. The predicted octanol–water partition coefficient (Wildman–Crippen LogP) is 6.13. The largest absolute Gasteiger partial charge is 0.497 e. The molecule has 1 atom stereocenters. The smallest absolute Gasteiger partial charge is 0.123 e. The molecule has 148 valence electrons. The van der Waals surface area contributed by atoms with E-state index >= 15 is 0 Å². The third kappa shape index (κ3) is 2.41. The van der Waals surface area contributed by atoms with Crippen molar-refractivity contribution >= 4 is 0 Å². The highest BCUT2D eigenvalue weighted by Gasteiger charge is 2.66. The van der Waals surface area contributed by atoms with Gasteiger partial charge < -0.3 is 9.47 Å². The molecule has 2 heteroatoms. The third-order valence-electron chi connectivity index (χ3n) is 7.61. The molecule has 0 saturated heterocycles. The molecular formula is C27H28O2. The van der Waals surface area contributed by atoms with Gasteiger partial charge in [-0.2, -0.15) is 0 Å². The van der Waals surface area contributed by atoms with E-state index in [1.807, 2.05) is 0 Å². The van der Waals surface area contributed by atoms with E-state index < -0.39 is 0 Å². The van der Waals surface area contributed by atoms with Crippen molar-refractivity contribution in [3.05, 3.63) is 95.6 Å². The number of hydrogen-bond acceptors (Lipinski definition) is 2. The summed E-state index contributed by atoms with van der Waals surface area (Å²) in [7, 11) is 3.53. The highest BCUT2D eigenvalue weighted by atomic mass is 16.5. The molecule has 3 aromatic rings. The van der Waals surface area contributed by atoms with Crippen LogP contribution in [0.5, 0.6) is 11.5 Å². The fourth-order valence-electron chi connectivity index (χ4n) is 6.57. The first-order valence-electron chi connectivity index (χ1n) is 10.6. The molecule has 0 radical (unpaired) electrons. The Morgan fingerprint density at radius 3 is 2.00 bits per heavy atom. The van der Waals surface area contributed by atoms with Crippen LogP contribution in [0.1, 0.15) is 42.4 Å². The molecule has 2 fully saturated rings. The maximum atomic E-state index is 5.93. The predicted molar refractivity (Wildman–Crippen MR) is 117 cm³/mol. The normalized spacial score (nSPS) is 27.7. The maximum absolute atomic E-state index is 5.93. The molecule has 29 heavy (non-hydrogen) atoms. The molecule has 2 bridgehead atoms. The SMILES string of the molecule is COc1ccc(C2(c3ccccc3OC)C3CCC2(c2ccccc2)CC3)cc1. The van der Waals surface area contributed by atoms with E-state index in [1.165, 1.54) is 42.4 Å². The summed E-state index contributed by atoms with van der Waals surface area (Å²) in [6.07, 6.45) is 4.93. The molecule has 0 amide bonds. The van der Waals surface area contributed by atoms with Crippen molar-refractivity contribution in [3.63, 3.8) is 0 Å². The molecular weight excluding hydrogens is 356 g/mol. The van der Waals surface area contributed by atoms with Gasteiger partial charge in [0.05, 0.1) is 14.2 Å². The van der Waals surface area contributed by atoms with Crippen LogP contribution in [0.2, 0.25) is 0 Å². The van der Waals surface area contributed by atoms with Crippen LogP contribution in [0.3, 0.4) is 0 Å². The molecule has 0 aliphatic heterocycles. The van der Waals surface area contributed by atoms with Gasteiger partial charge in [0.15, 0.2) is 0 Å². The standard InChI is InChI=1S/C27H28O2/c1-28-23-14-12-21(13-15-23)27(24-10-6-7-11-25(24)29-2)22-16-18-26(27,19-17-22)20-8-4-3-5-9-20/h3-15,22H,16-19H2,1-2H3. The molecule has 0 aromatic heterocycles. The van der Waals surface area contributed by atoms with Crippen LogP contribution in [0.25, 0.3) is 0 Å². The van der Waals surface area contributed by atoms with Gasteiger partial charge >= 0.3 is 0 Å². The minimum atomic E-state index is -0.0901. The topological polar surface area (TPSA) is 18.5 Å². The average Bonchev–Trinajstić information content (AvgIpc) is 3.32. The Kier molecular flexibility index (Phi) is 4.38. The van der Waals surface area contributed by atoms with Gasteiger partial charge in [0.2, 0.25) is 0 Å². The maximum Gasteiger partial charge on any atom is 0.123 e. The van der Waals surface area contributed by atoms with Gasteiger partial charge in [0, 0.05) is 16.4 Å². The monoisotopic (exact) mass is 384 g/mol. The summed E-state index contributed by atoms with van der Waals surface area (Å²) in [4.78, 5) is 0. The highest BCUT2D eigenvalue weighted by Crippen LogP contribution is 2.70. The molecule has 2 saturated carbocycles. The zero-order valence-corrected chi connectivity index (χ0v) is 17.2. The number of para-hydroxylation sites is 1. The Labute approximate surface area is 173 Å². The van der Waals surface area contributed by atoms with Crippen LogP contribution in [0.15, 0.2) is 78.9 Å². The molecule has 5 rings (SSSR count). The van der Waals surface area contributed by atoms with E-state index in [4.69, 9.17) is 9.47 Å². The summed E-state index contributed by atoms with van der Waals surface area (Å²) in [6, 6.07) is 28.6. The van der Waals surface area contributed by atoms with E-state index in [1.54, 1.807) is 14.2 Å². The Morgan fingerprint density at radius 2 is 1.34 bits per heavy atom. The van der Waals surface area contributed by atoms with Crippen molar-refractivity contribution in [2.45, 2.75) is 36.5 Å². The Bertz CT molecular complexity index is 985. The summed E-state index contributed by atoms with van der Waals surface area (Å²) in [5, 5.41) is 0. The summed E-state index contributed by atoms with van der Waals surface area (Å²) in [5.74, 6) is 2.51. The first-order chi connectivity index (χ1) is 14.3. The van der Waals surface area contributed by atoms with Gasteiger partial charge in [-0.05, 0) is 60.9 Å². The van der Waals surface area contributed by atoms with Gasteiger partial charge in [-0.3, -0.25) is 0 Å². The van der Waals surface area contributed by atoms with Crippen molar-refractivity contribution in [3.8, 4) is 11.5 Å². The van der Waals surface area contributed by atoms with Gasteiger partial charge in [0.25, 0.3) is 0 Å². The molecule has 2 aliphatic rings. The molecule has 2 nitrogen and oxygen atoms in total. The lowest BCUT2D eigenvalue weighted by Crippen LogP contribution is -2.45. The number of benzene rings is 3. The van der Waals surface area contributed by atoms with E-state index in [9.17, 15) is 0 Å². The number of fused-ring (bicyclic) bond motifs is 2. The van der Waals surface area contributed by atoms with Crippen LogP contribution in [0.4, 0.5) is 0 Å². The van der Waals surface area contributed by atoms with Gasteiger partial charge in [-0.25, -0.2) is 0 Å². The summed E-state index contributed by atoms with van der Waals surface area (Å²) < 4.78 is 11.4. The molecule has 0 heterocycles. The molecule has 1 unspecified atom stereocenters. The molecule has 2 aliphatic carbocycles. The van der Waals surface area contributed by atoms with Crippen LogP contribution in [-0.4, -0.2) is 14.2 Å². The molecule has 0 N–H and O–H groups in total. The summed E-state index contributed by atoms with van der Waals surface area (Å²) in [6.45, 7) is 0. The minimum absolute atomic E-state index is 0.0855. The van der Waals surface area contributed by atoms with E-state index in [0.29, 0.717) is 5.92 Å². The third-order valence-corrected chi connectivity index (χ3v) is 7.61. The van der Waals surface area contributed by atoms with Crippen LogP contribution < -0.4 is 9.47 Å². The first kappa shape index (κ1) is 18.3. The highest BCUT2D eigenvalue weighted by molar-refractivity contribution is 5.58. The van der Waals surface area contributed by atoms with Crippen LogP contribution in [-0.2, 0) is 10.8 Å². The van der Waals surface area contributed by atoms with Crippen molar-refractivity contribution < 1.29 is 9.47 Å². The second-order valence-electron chi connectivity index (χ2n) is 8.46. The van der Waals surface area contributed by atoms with E-state index in [2.05, 4.69) is 78.9 Å². The zero-order valence-electron chi connectivity index (χ0n) is 17.2. The van der Waals surface area contributed by atoms with Crippen LogP contribution in [0, 0.1) is 5.92 Å².